The minimum absolute atomic E-state index is 0.0800. The number of hydrogen-bond donors (Lipinski definition) is 0. The van der Waals surface area contributed by atoms with E-state index < -0.39 is 0 Å². The van der Waals surface area contributed by atoms with Crippen molar-refractivity contribution >= 4 is 21.8 Å². The number of nitrogens with zero attached hydrogens (tertiary/aromatic N) is 4. The molecule has 0 aliphatic rings. The van der Waals surface area contributed by atoms with Gasteiger partial charge in [0.25, 0.3) is 5.91 Å². The first-order valence-electron chi connectivity index (χ1n) is 8.07. The van der Waals surface area contributed by atoms with Crippen LogP contribution < -0.4 is 4.74 Å². The summed E-state index contributed by atoms with van der Waals surface area (Å²) in [5.41, 5.74) is 2.52. The van der Waals surface area contributed by atoms with Crippen molar-refractivity contribution in [2.24, 2.45) is 0 Å². The molecule has 1 atom stereocenters. The average molecular weight is 415 g/mol. The van der Waals surface area contributed by atoms with E-state index in [1.807, 2.05) is 43.3 Å². The van der Waals surface area contributed by atoms with Crippen molar-refractivity contribution in [3.8, 4) is 11.4 Å². The normalized spacial score (nSPS) is 11.8. The summed E-state index contributed by atoms with van der Waals surface area (Å²) in [5, 5.41) is 4.11. The molecule has 0 N–H and O–H groups in total. The van der Waals surface area contributed by atoms with Crippen LogP contribution in [0.15, 0.2) is 59.6 Å². The fraction of sp³-hybridized carbons (Fsp3) is 0.211. The summed E-state index contributed by atoms with van der Waals surface area (Å²) in [6.07, 6.45) is 3.14. The van der Waals surface area contributed by atoms with Crippen molar-refractivity contribution < 1.29 is 9.53 Å². The number of methoxy groups -OCH3 is 1. The van der Waals surface area contributed by atoms with Crippen LogP contribution in [0.4, 0.5) is 0 Å². The molecule has 0 spiro atoms. The van der Waals surface area contributed by atoms with Gasteiger partial charge >= 0.3 is 0 Å². The topological polar surface area (TPSA) is 60.2 Å². The molecule has 1 aromatic heterocycles. The molecule has 0 aliphatic carbocycles. The fourth-order valence-electron chi connectivity index (χ4n) is 2.63. The van der Waals surface area contributed by atoms with Crippen LogP contribution in [0.25, 0.3) is 5.69 Å². The smallest absolute Gasteiger partial charge is 0.255 e. The summed E-state index contributed by atoms with van der Waals surface area (Å²) in [5.74, 6) is 0.568. The summed E-state index contributed by atoms with van der Waals surface area (Å²) in [6, 6.07) is 13.2. The first kappa shape index (κ1) is 18.1. The van der Waals surface area contributed by atoms with Crippen LogP contribution in [0.2, 0.25) is 0 Å². The Labute approximate surface area is 160 Å². The summed E-state index contributed by atoms with van der Waals surface area (Å²) in [7, 11) is 3.38. The van der Waals surface area contributed by atoms with E-state index >= 15 is 0 Å². The Morgan fingerprint density at radius 2 is 1.96 bits per heavy atom. The van der Waals surface area contributed by atoms with Crippen molar-refractivity contribution in [2.45, 2.75) is 13.0 Å². The van der Waals surface area contributed by atoms with E-state index in [0.717, 1.165) is 15.7 Å². The van der Waals surface area contributed by atoms with Gasteiger partial charge in [-0.15, -0.1) is 0 Å². The molecule has 26 heavy (non-hydrogen) atoms. The first-order valence-corrected chi connectivity index (χ1v) is 8.86. The zero-order chi connectivity index (χ0) is 18.7. The van der Waals surface area contributed by atoms with Crippen molar-refractivity contribution in [3.63, 3.8) is 0 Å². The van der Waals surface area contributed by atoms with Crippen LogP contribution in [-0.4, -0.2) is 39.7 Å². The lowest BCUT2D eigenvalue weighted by atomic mass is 10.1. The highest BCUT2D eigenvalue weighted by atomic mass is 79.9. The number of amides is 1. The van der Waals surface area contributed by atoms with E-state index in [1.54, 1.807) is 36.1 Å². The second-order valence-corrected chi connectivity index (χ2v) is 6.72. The highest BCUT2D eigenvalue weighted by Gasteiger charge is 2.21. The number of carbonyl (C=O) groups is 1. The SMILES string of the molecule is COc1ccc(Br)c(C(=O)N(C)[C@H](C)c2ccc(-n3cncn3)cc2)c1. The maximum Gasteiger partial charge on any atom is 0.255 e. The standard InChI is InChI=1S/C19H19BrN4O2/c1-13(14-4-6-15(7-5-14)24-12-21-11-22-24)23(2)19(25)17-10-16(26-3)8-9-18(17)20/h4-13H,1-3H3/t13-/m1/s1. The minimum atomic E-state index is -0.0922. The largest absolute Gasteiger partial charge is 0.497 e. The predicted octanol–water partition coefficient (Wildman–Crippen LogP) is 3.87. The van der Waals surface area contributed by atoms with E-state index in [-0.39, 0.29) is 11.9 Å². The molecule has 0 saturated heterocycles. The number of carbonyl (C=O) groups excluding carboxylic acids is 1. The molecule has 0 unspecified atom stereocenters. The molecule has 1 heterocycles. The van der Waals surface area contributed by atoms with Gasteiger partial charge in [-0.25, -0.2) is 9.67 Å². The van der Waals surface area contributed by atoms with Crippen molar-refractivity contribution in [1.29, 1.82) is 0 Å². The highest BCUT2D eigenvalue weighted by molar-refractivity contribution is 9.10. The number of hydrogen-bond acceptors (Lipinski definition) is 4. The van der Waals surface area contributed by atoms with Crippen LogP contribution in [0.3, 0.4) is 0 Å². The molecule has 0 aliphatic heterocycles. The number of rotatable bonds is 5. The van der Waals surface area contributed by atoms with Crippen LogP contribution in [0.5, 0.6) is 5.75 Å². The maximum atomic E-state index is 12.9. The number of aromatic nitrogens is 3. The number of ether oxygens (including phenoxy) is 1. The molecule has 0 fully saturated rings. The molecule has 0 saturated carbocycles. The van der Waals surface area contributed by atoms with E-state index in [0.29, 0.717) is 11.3 Å². The molecular formula is C19H19BrN4O2. The Bertz CT molecular complexity index is 894. The van der Waals surface area contributed by atoms with E-state index in [1.165, 1.54) is 6.33 Å². The Balaban J connectivity index is 1.81. The van der Waals surface area contributed by atoms with Gasteiger partial charge in [0, 0.05) is 11.5 Å². The third-order valence-corrected chi connectivity index (χ3v) is 5.06. The van der Waals surface area contributed by atoms with E-state index in [4.69, 9.17) is 4.74 Å². The van der Waals surface area contributed by atoms with Gasteiger partial charge in [0.1, 0.15) is 18.4 Å². The monoisotopic (exact) mass is 414 g/mol. The Morgan fingerprint density at radius 3 is 2.58 bits per heavy atom. The third-order valence-electron chi connectivity index (χ3n) is 4.36. The van der Waals surface area contributed by atoms with Crippen LogP contribution in [0, 0.1) is 0 Å². The summed E-state index contributed by atoms with van der Waals surface area (Å²) >= 11 is 3.45. The van der Waals surface area contributed by atoms with E-state index in [9.17, 15) is 4.79 Å². The maximum absolute atomic E-state index is 12.9. The quantitative estimate of drug-likeness (QED) is 0.635. The highest BCUT2D eigenvalue weighted by Crippen LogP contribution is 2.27. The number of halogens is 1. The lowest BCUT2D eigenvalue weighted by Gasteiger charge is -2.26. The molecule has 1 amide bonds. The summed E-state index contributed by atoms with van der Waals surface area (Å²) < 4.78 is 7.66. The van der Waals surface area contributed by atoms with Crippen LogP contribution in [-0.2, 0) is 0 Å². The van der Waals surface area contributed by atoms with Gasteiger partial charge in [0.15, 0.2) is 0 Å². The molecule has 3 aromatic rings. The van der Waals surface area contributed by atoms with Gasteiger partial charge < -0.3 is 9.64 Å². The molecule has 134 valence electrons. The molecule has 6 nitrogen and oxygen atoms in total. The second-order valence-electron chi connectivity index (χ2n) is 5.87. The van der Waals surface area contributed by atoms with Crippen molar-refractivity contribution in [1.82, 2.24) is 19.7 Å². The molecule has 0 bridgehead atoms. The van der Waals surface area contributed by atoms with Gasteiger partial charge in [-0.1, -0.05) is 12.1 Å². The second kappa shape index (κ2) is 7.70. The van der Waals surface area contributed by atoms with Gasteiger partial charge in [-0.3, -0.25) is 4.79 Å². The number of benzene rings is 2. The zero-order valence-electron chi connectivity index (χ0n) is 14.8. The fourth-order valence-corrected chi connectivity index (χ4v) is 3.05. The summed E-state index contributed by atoms with van der Waals surface area (Å²) in [6.45, 7) is 2.00. The minimum Gasteiger partial charge on any atom is -0.497 e. The average Bonchev–Trinajstić information content (AvgIpc) is 3.21. The molecule has 0 radical (unpaired) electrons. The Morgan fingerprint density at radius 1 is 1.23 bits per heavy atom. The predicted molar refractivity (Wildman–Crippen MR) is 103 cm³/mol. The Hall–Kier alpha value is -2.67. The van der Waals surface area contributed by atoms with Crippen molar-refractivity contribution in [3.05, 3.63) is 70.7 Å². The van der Waals surface area contributed by atoms with Gasteiger partial charge in [-0.2, -0.15) is 5.10 Å². The zero-order valence-corrected chi connectivity index (χ0v) is 16.3. The van der Waals surface area contributed by atoms with Gasteiger partial charge in [0.05, 0.1) is 24.4 Å². The van der Waals surface area contributed by atoms with Gasteiger partial charge in [-0.05, 0) is 58.7 Å². The van der Waals surface area contributed by atoms with E-state index in [2.05, 4.69) is 26.0 Å². The van der Waals surface area contributed by atoms with Gasteiger partial charge in [0.2, 0.25) is 0 Å². The van der Waals surface area contributed by atoms with Crippen molar-refractivity contribution in [2.75, 3.05) is 14.2 Å². The van der Waals surface area contributed by atoms with Crippen LogP contribution >= 0.6 is 15.9 Å². The molecule has 2 aromatic carbocycles. The molecule has 7 heteroatoms. The van der Waals surface area contributed by atoms with Crippen LogP contribution in [0.1, 0.15) is 28.9 Å². The lowest BCUT2D eigenvalue weighted by Crippen LogP contribution is -2.30. The third kappa shape index (κ3) is 3.62. The molecule has 3 rings (SSSR count). The Kier molecular flexibility index (Phi) is 5.37. The molecular weight excluding hydrogens is 396 g/mol. The summed E-state index contributed by atoms with van der Waals surface area (Å²) in [4.78, 5) is 18.6. The first-order chi connectivity index (χ1) is 12.5. The lowest BCUT2D eigenvalue weighted by molar-refractivity contribution is 0.0741.